The molecule has 2 atom stereocenters. The lowest BCUT2D eigenvalue weighted by Crippen LogP contribution is -2.48. The number of imide groups is 1. The van der Waals surface area contributed by atoms with Crippen LogP contribution in [0.15, 0.2) is 0 Å². The van der Waals surface area contributed by atoms with Gasteiger partial charge in [0.1, 0.15) is 0 Å². The normalized spacial score (nSPS) is 21.1. The van der Waals surface area contributed by atoms with Gasteiger partial charge in [-0.3, -0.25) is 14.5 Å². The smallest absolute Gasteiger partial charge is 0.233 e. The molecular weight excluding hydrogens is 261 g/mol. The highest BCUT2D eigenvalue weighted by Gasteiger charge is 2.45. The third-order valence-corrected chi connectivity index (χ3v) is 4.32. The molecule has 1 saturated heterocycles. The minimum atomic E-state index is -0.473. The van der Waals surface area contributed by atoms with Gasteiger partial charge in [0.15, 0.2) is 0 Å². The lowest BCUT2D eigenvalue weighted by atomic mass is 9.78. The van der Waals surface area contributed by atoms with Crippen molar-refractivity contribution in [3.05, 3.63) is 0 Å². The zero-order valence-electron chi connectivity index (χ0n) is 14.2. The van der Waals surface area contributed by atoms with Crippen LogP contribution in [0.2, 0.25) is 5.82 Å². The number of nitrogens with zero attached hydrogens (tertiary/aromatic N) is 1. The summed E-state index contributed by atoms with van der Waals surface area (Å²) in [4.78, 5) is 26.2. The lowest BCUT2D eigenvalue weighted by Gasteiger charge is -2.35. The van der Waals surface area contributed by atoms with Crippen LogP contribution in [0.1, 0.15) is 79.1 Å². The van der Waals surface area contributed by atoms with Crippen molar-refractivity contribution in [2.24, 2.45) is 5.92 Å². The summed E-state index contributed by atoms with van der Waals surface area (Å²) in [6, 6.07) is 0. The van der Waals surface area contributed by atoms with Crippen molar-refractivity contribution in [2.45, 2.75) is 90.4 Å². The summed E-state index contributed by atoms with van der Waals surface area (Å²) >= 11 is 0. The molecule has 4 heteroatoms. The first-order valence-electron chi connectivity index (χ1n) is 8.42. The zero-order chi connectivity index (χ0) is 16.0. The van der Waals surface area contributed by atoms with Gasteiger partial charge in [-0.15, -0.1) is 0 Å². The molecule has 21 heavy (non-hydrogen) atoms. The van der Waals surface area contributed by atoms with Crippen LogP contribution >= 0.6 is 0 Å². The number of rotatable bonds is 9. The average Bonchev–Trinajstić information content (AvgIpc) is 2.63. The maximum atomic E-state index is 12.5. The maximum Gasteiger partial charge on any atom is 0.233 e. The van der Waals surface area contributed by atoms with E-state index in [4.69, 9.17) is 7.85 Å². The van der Waals surface area contributed by atoms with Crippen LogP contribution in [0, 0.1) is 5.92 Å². The van der Waals surface area contributed by atoms with E-state index in [1.54, 1.807) is 0 Å². The molecule has 0 saturated carbocycles. The van der Waals surface area contributed by atoms with Crippen LogP contribution in [0.4, 0.5) is 0 Å². The molecule has 3 nitrogen and oxygen atoms in total. The summed E-state index contributed by atoms with van der Waals surface area (Å²) in [6.07, 6.45) is 7.79. The van der Waals surface area contributed by atoms with Crippen LogP contribution in [0.3, 0.4) is 0 Å². The zero-order valence-corrected chi connectivity index (χ0v) is 14.2. The molecule has 0 N–H and O–H groups in total. The number of unbranched alkanes of at least 4 members (excludes halogenated alkanes) is 4. The highest BCUT2D eigenvalue weighted by Crippen LogP contribution is 2.34. The Bertz CT molecular complexity index is 366. The number of carbonyl (C=O) groups excluding carboxylic acids is 2. The molecule has 0 bridgehead atoms. The molecule has 1 rings (SSSR count). The van der Waals surface area contributed by atoms with E-state index < -0.39 is 5.54 Å². The predicted octanol–water partition coefficient (Wildman–Crippen LogP) is 3.87. The highest BCUT2D eigenvalue weighted by molar-refractivity contribution is 6.11. The minimum Gasteiger partial charge on any atom is -0.277 e. The molecule has 0 aromatic rings. The number of amides is 2. The van der Waals surface area contributed by atoms with Crippen LogP contribution in [0.5, 0.6) is 0 Å². The lowest BCUT2D eigenvalue weighted by molar-refractivity contribution is -0.145. The predicted molar refractivity (Wildman–Crippen MR) is 87.2 cm³/mol. The van der Waals surface area contributed by atoms with Gasteiger partial charge in [-0.25, -0.2) is 0 Å². The van der Waals surface area contributed by atoms with Crippen molar-refractivity contribution < 1.29 is 9.59 Å². The Kier molecular flexibility index (Phi) is 6.95. The van der Waals surface area contributed by atoms with E-state index in [2.05, 4.69) is 6.92 Å². The molecule has 2 radical (unpaired) electrons. The summed E-state index contributed by atoms with van der Waals surface area (Å²) in [5.41, 5.74) is -0.473. The van der Waals surface area contributed by atoms with Crippen molar-refractivity contribution in [3.63, 3.8) is 0 Å². The molecule has 1 fully saturated rings. The van der Waals surface area contributed by atoms with E-state index in [9.17, 15) is 9.59 Å². The first-order chi connectivity index (χ1) is 9.79. The fraction of sp³-hybridized carbons (Fsp3) is 0.882. The van der Waals surface area contributed by atoms with E-state index in [0.29, 0.717) is 12.8 Å². The monoisotopic (exact) mass is 291 g/mol. The van der Waals surface area contributed by atoms with Crippen molar-refractivity contribution in [1.82, 2.24) is 4.90 Å². The van der Waals surface area contributed by atoms with Crippen molar-refractivity contribution >= 4 is 19.7 Å². The first kappa shape index (κ1) is 18.3. The molecule has 2 amide bonds. The molecule has 118 valence electrons. The topological polar surface area (TPSA) is 37.4 Å². The summed E-state index contributed by atoms with van der Waals surface area (Å²) in [5.74, 6) is -0.134. The standard InChI is InChI=1S/C17H30BNO2/c1-5-6-7-8-9-10-14-11-15(20)19(16(14)21)17(3,4)12-13(2)18/h13-14H,5-12H2,1-4H3. The molecule has 1 aliphatic heterocycles. The van der Waals surface area contributed by atoms with Gasteiger partial charge in [-0.1, -0.05) is 51.8 Å². The largest absolute Gasteiger partial charge is 0.277 e. The molecule has 0 aromatic heterocycles. The van der Waals surface area contributed by atoms with Crippen LogP contribution in [0.25, 0.3) is 0 Å². The average molecular weight is 291 g/mol. The number of hydrogen-bond donors (Lipinski definition) is 0. The van der Waals surface area contributed by atoms with Crippen LogP contribution in [-0.4, -0.2) is 30.1 Å². The fourth-order valence-corrected chi connectivity index (χ4v) is 3.43. The second-order valence-electron chi connectivity index (χ2n) is 7.17. The van der Waals surface area contributed by atoms with E-state index >= 15 is 0 Å². The molecule has 0 aromatic carbocycles. The van der Waals surface area contributed by atoms with Gasteiger partial charge in [0.25, 0.3) is 0 Å². The van der Waals surface area contributed by atoms with Crippen molar-refractivity contribution in [2.75, 3.05) is 0 Å². The van der Waals surface area contributed by atoms with Crippen LogP contribution < -0.4 is 0 Å². The van der Waals surface area contributed by atoms with Gasteiger partial charge >= 0.3 is 0 Å². The number of hydrogen-bond acceptors (Lipinski definition) is 2. The first-order valence-corrected chi connectivity index (χ1v) is 8.42. The number of likely N-dealkylation sites (tertiary alicyclic amines) is 1. The fourth-order valence-electron chi connectivity index (χ4n) is 3.43. The summed E-state index contributed by atoms with van der Waals surface area (Å²) in [7, 11) is 5.85. The van der Waals surface area contributed by atoms with Gasteiger partial charge in [-0.2, -0.15) is 0 Å². The highest BCUT2D eigenvalue weighted by atomic mass is 16.2. The van der Waals surface area contributed by atoms with Crippen molar-refractivity contribution in [3.8, 4) is 0 Å². The molecule has 2 unspecified atom stereocenters. The van der Waals surface area contributed by atoms with E-state index in [0.717, 1.165) is 19.3 Å². The van der Waals surface area contributed by atoms with Gasteiger partial charge in [-0.05, 0) is 26.7 Å². The Morgan fingerprint density at radius 1 is 1.24 bits per heavy atom. The van der Waals surface area contributed by atoms with Gasteiger partial charge in [0, 0.05) is 17.9 Å². The van der Waals surface area contributed by atoms with Crippen LogP contribution in [-0.2, 0) is 9.59 Å². The van der Waals surface area contributed by atoms with E-state index in [1.165, 1.54) is 24.2 Å². The Labute approximate surface area is 131 Å². The minimum absolute atomic E-state index is 0.0149. The second kappa shape index (κ2) is 8.00. The molecule has 0 spiro atoms. The quantitative estimate of drug-likeness (QED) is 0.367. The third-order valence-electron chi connectivity index (χ3n) is 4.32. The Morgan fingerprint density at radius 2 is 1.86 bits per heavy atom. The summed E-state index contributed by atoms with van der Waals surface area (Å²) < 4.78 is 0. The molecular formula is C17H30BNO2. The maximum absolute atomic E-state index is 12.5. The Hall–Kier alpha value is -0.795. The van der Waals surface area contributed by atoms with Crippen molar-refractivity contribution in [1.29, 1.82) is 0 Å². The SMILES string of the molecule is [B]C(C)CC(C)(C)N1C(=O)CC(CCCCCCC)C1=O. The summed E-state index contributed by atoms with van der Waals surface area (Å²) in [5, 5.41) is 0. The Balaban J connectivity index is 2.54. The second-order valence-corrected chi connectivity index (χ2v) is 7.17. The third kappa shape index (κ3) is 5.16. The van der Waals surface area contributed by atoms with Gasteiger partial charge in [0.2, 0.25) is 11.8 Å². The number of carbonyl (C=O) groups is 2. The molecule has 1 aliphatic rings. The van der Waals surface area contributed by atoms with E-state index in [1.807, 2.05) is 20.8 Å². The van der Waals surface area contributed by atoms with E-state index in [-0.39, 0.29) is 23.5 Å². The molecule has 1 heterocycles. The van der Waals surface area contributed by atoms with Gasteiger partial charge < -0.3 is 0 Å². The molecule has 0 aliphatic carbocycles. The Morgan fingerprint density at radius 3 is 2.43 bits per heavy atom. The summed E-state index contributed by atoms with van der Waals surface area (Å²) in [6.45, 7) is 7.99. The van der Waals surface area contributed by atoms with Gasteiger partial charge in [0.05, 0.1) is 7.85 Å².